The average molecular weight is 431 g/mol. The number of aromatic nitrogens is 1. The van der Waals surface area contributed by atoms with Gasteiger partial charge in [-0.2, -0.15) is 0 Å². The zero-order chi connectivity index (χ0) is 21.2. The van der Waals surface area contributed by atoms with Gasteiger partial charge in [0.25, 0.3) is 5.91 Å². The molecule has 6 heteroatoms. The van der Waals surface area contributed by atoms with Gasteiger partial charge < -0.3 is 9.73 Å². The normalized spacial score (nSPS) is 13.2. The van der Waals surface area contributed by atoms with Gasteiger partial charge in [-0.3, -0.25) is 14.2 Å². The molecule has 4 aromatic rings. The van der Waals surface area contributed by atoms with Crippen LogP contribution in [-0.4, -0.2) is 22.1 Å². The van der Waals surface area contributed by atoms with Crippen molar-refractivity contribution in [2.75, 3.05) is 11.1 Å². The molecule has 2 heterocycles. The summed E-state index contributed by atoms with van der Waals surface area (Å²) in [4.78, 5) is 26.4. The Morgan fingerprint density at radius 2 is 1.87 bits per heavy atom. The van der Waals surface area contributed by atoms with Crippen LogP contribution in [0.5, 0.6) is 0 Å². The van der Waals surface area contributed by atoms with E-state index < -0.39 is 0 Å². The number of thioether (sulfide) groups is 1. The molecule has 0 fully saturated rings. The molecule has 31 heavy (non-hydrogen) atoms. The number of hydrogen-bond donors (Lipinski definition) is 1. The Hall–Kier alpha value is -3.25. The summed E-state index contributed by atoms with van der Waals surface area (Å²) in [6.07, 6.45) is 5.77. The lowest BCUT2D eigenvalue weighted by molar-refractivity contribution is 0.0942. The minimum absolute atomic E-state index is 0.0920. The Kier molecular flexibility index (Phi) is 5.38. The lowest BCUT2D eigenvalue weighted by Crippen LogP contribution is -2.18. The van der Waals surface area contributed by atoms with Crippen molar-refractivity contribution in [2.24, 2.45) is 0 Å². The SMILES string of the molecule is O=C(Nc1cccc(SCC(=O)n2c3c(c4ccccc42)CCCC3)c1)c1ccco1. The molecule has 0 aliphatic heterocycles. The van der Waals surface area contributed by atoms with E-state index in [2.05, 4.69) is 11.4 Å². The first-order valence-electron chi connectivity index (χ1n) is 10.4. The van der Waals surface area contributed by atoms with Crippen molar-refractivity contribution >= 4 is 40.2 Å². The number of rotatable bonds is 5. The van der Waals surface area contributed by atoms with E-state index in [4.69, 9.17) is 4.42 Å². The maximum absolute atomic E-state index is 13.2. The summed E-state index contributed by atoms with van der Waals surface area (Å²) < 4.78 is 7.06. The van der Waals surface area contributed by atoms with Gasteiger partial charge in [-0.05, 0) is 67.6 Å². The van der Waals surface area contributed by atoms with E-state index in [9.17, 15) is 9.59 Å². The fraction of sp³-hybridized carbons (Fsp3) is 0.200. The number of hydrogen-bond acceptors (Lipinski definition) is 4. The van der Waals surface area contributed by atoms with Crippen molar-refractivity contribution in [1.29, 1.82) is 0 Å². The van der Waals surface area contributed by atoms with Crippen LogP contribution in [0.15, 0.2) is 76.2 Å². The van der Waals surface area contributed by atoms with E-state index >= 15 is 0 Å². The molecule has 0 saturated heterocycles. The van der Waals surface area contributed by atoms with Crippen LogP contribution >= 0.6 is 11.8 Å². The quantitative estimate of drug-likeness (QED) is 0.407. The third-order valence-corrected chi connectivity index (χ3v) is 6.61. The Morgan fingerprint density at radius 3 is 2.74 bits per heavy atom. The maximum atomic E-state index is 13.2. The van der Waals surface area contributed by atoms with Gasteiger partial charge in [0.05, 0.1) is 17.5 Å². The van der Waals surface area contributed by atoms with Crippen molar-refractivity contribution < 1.29 is 14.0 Å². The monoisotopic (exact) mass is 430 g/mol. The van der Waals surface area contributed by atoms with Crippen LogP contribution in [0.2, 0.25) is 0 Å². The number of anilines is 1. The molecule has 156 valence electrons. The number of para-hydroxylation sites is 1. The molecule has 0 atom stereocenters. The number of furan rings is 1. The number of benzene rings is 2. The molecule has 0 unspecified atom stereocenters. The third kappa shape index (κ3) is 3.91. The van der Waals surface area contributed by atoms with Gasteiger partial charge in [-0.25, -0.2) is 0 Å². The molecule has 0 saturated carbocycles. The van der Waals surface area contributed by atoms with E-state index in [0.29, 0.717) is 11.4 Å². The summed E-state index contributed by atoms with van der Waals surface area (Å²) in [7, 11) is 0. The molecule has 2 aromatic heterocycles. The number of nitrogens with one attached hydrogen (secondary N) is 1. The summed E-state index contributed by atoms with van der Waals surface area (Å²) in [5.74, 6) is 0.390. The first-order valence-corrected chi connectivity index (χ1v) is 11.4. The number of carbonyl (C=O) groups excluding carboxylic acids is 2. The molecular formula is C25H22N2O3S. The molecule has 1 aliphatic carbocycles. The average Bonchev–Trinajstić information content (AvgIpc) is 3.45. The van der Waals surface area contributed by atoms with Crippen molar-refractivity contribution in [1.82, 2.24) is 4.57 Å². The molecule has 0 spiro atoms. The van der Waals surface area contributed by atoms with Gasteiger partial charge >= 0.3 is 0 Å². The van der Waals surface area contributed by atoms with Crippen LogP contribution in [0.25, 0.3) is 10.9 Å². The summed E-state index contributed by atoms with van der Waals surface area (Å²) in [5.41, 5.74) is 4.20. The highest BCUT2D eigenvalue weighted by Crippen LogP contribution is 2.33. The Balaban J connectivity index is 1.33. The molecule has 5 nitrogen and oxygen atoms in total. The Labute approximate surface area is 184 Å². The summed E-state index contributed by atoms with van der Waals surface area (Å²) in [5, 5.41) is 4.04. The van der Waals surface area contributed by atoms with Gasteiger partial charge in [0.1, 0.15) is 0 Å². The third-order valence-electron chi connectivity index (χ3n) is 5.63. The predicted molar refractivity (Wildman–Crippen MR) is 123 cm³/mol. The lowest BCUT2D eigenvalue weighted by Gasteiger charge is -2.15. The summed E-state index contributed by atoms with van der Waals surface area (Å²) in [6.45, 7) is 0. The predicted octanol–water partition coefficient (Wildman–Crippen LogP) is 5.80. The first-order chi connectivity index (χ1) is 15.2. The highest BCUT2D eigenvalue weighted by atomic mass is 32.2. The maximum Gasteiger partial charge on any atom is 0.291 e. The van der Waals surface area contributed by atoms with Crippen molar-refractivity contribution in [3.05, 3.63) is 83.9 Å². The molecule has 0 bridgehead atoms. The molecule has 1 aliphatic rings. The smallest absolute Gasteiger partial charge is 0.291 e. The topological polar surface area (TPSA) is 64.2 Å². The van der Waals surface area contributed by atoms with Crippen LogP contribution in [0.1, 0.15) is 39.4 Å². The van der Waals surface area contributed by atoms with Crippen molar-refractivity contribution in [3.8, 4) is 0 Å². The van der Waals surface area contributed by atoms with Gasteiger partial charge in [-0.1, -0.05) is 24.3 Å². The largest absolute Gasteiger partial charge is 0.459 e. The van der Waals surface area contributed by atoms with E-state index in [-0.39, 0.29) is 17.6 Å². The zero-order valence-corrected chi connectivity index (χ0v) is 17.8. The fourth-order valence-corrected chi connectivity index (χ4v) is 5.06. The standard InChI is InChI=1S/C25H22N2O3S/c28-24(27-21-11-3-1-9-19(21)20-10-2-4-12-22(20)27)16-31-18-8-5-7-17(15-18)26-25(29)23-13-6-14-30-23/h1,3,5-9,11,13-15H,2,4,10,12,16H2,(H,26,29). The van der Waals surface area contributed by atoms with Crippen LogP contribution < -0.4 is 5.32 Å². The fourth-order valence-electron chi connectivity index (χ4n) is 4.25. The second kappa shape index (κ2) is 8.47. The van der Waals surface area contributed by atoms with Gasteiger partial charge in [-0.15, -0.1) is 11.8 Å². The van der Waals surface area contributed by atoms with Crippen molar-refractivity contribution in [3.63, 3.8) is 0 Å². The number of carbonyl (C=O) groups is 2. The molecule has 1 N–H and O–H groups in total. The summed E-state index contributed by atoms with van der Waals surface area (Å²) in [6, 6.07) is 19.0. The molecule has 1 amide bonds. The Morgan fingerprint density at radius 1 is 1.00 bits per heavy atom. The second-order valence-corrected chi connectivity index (χ2v) is 8.68. The lowest BCUT2D eigenvalue weighted by atomic mass is 9.96. The van der Waals surface area contributed by atoms with Crippen LogP contribution in [0, 0.1) is 0 Å². The van der Waals surface area contributed by atoms with E-state index in [1.807, 2.05) is 47.0 Å². The van der Waals surface area contributed by atoms with Crippen molar-refractivity contribution in [2.45, 2.75) is 30.6 Å². The zero-order valence-electron chi connectivity index (χ0n) is 17.0. The number of nitrogens with zero attached hydrogens (tertiary/aromatic N) is 1. The van der Waals surface area contributed by atoms with Gasteiger partial charge in [0.15, 0.2) is 5.76 Å². The van der Waals surface area contributed by atoms with Gasteiger partial charge in [0.2, 0.25) is 5.91 Å². The molecule has 0 radical (unpaired) electrons. The molecule has 5 rings (SSSR count). The van der Waals surface area contributed by atoms with E-state index in [1.54, 1.807) is 12.1 Å². The minimum Gasteiger partial charge on any atom is -0.459 e. The number of aryl methyl sites for hydroxylation is 1. The number of amides is 1. The molecule has 2 aromatic carbocycles. The highest BCUT2D eigenvalue weighted by Gasteiger charge is 2.23. The Bertz CT molecular complexity index is 1260. The molecular weight excluding hydrogens is 408 g/mol. The highest BCUT2D eigenvalue weighted by molar-refractivity contribution is 8.00. The van der Waals surface area contributed by atoms with E-state index in [1.165, 1.54) is 41.1 Å². The van der Waals surface area contributed by atoms with Crippen LogP contribution in [-0.2, 0) is 12.8 Å². The number of fused-ring (bicyclic) bond motifs is 3. The summed E-state index contributed by atoms with van der Waals surface area (Å²) >= 11 is 1.48. The first kappa shape index (κ1) is 19.7. The van der Waals surface area contributed by atoms with Crippen LogP contribution in [0.4, 0.5) is 5.69 Å². The van der Waals surface area contributed by atoms with Crippen LogP contribution in [0.3, 0.4) is 0 Å². The van der Waals surface area contributed by atoms with E-state index in [0.717, 1.165) is 29.7 Å². The minimum atomic E-state index is -0.298. The second-order valence-electron chi connectivity index (χ2n) is 7.63. The van der Waals surface area contributed by atoms with Gasteiger partial charge in [0, 0.05) is 21.7 Å².